The minimum atomic E-state index is -0.965. The van der Waals surface area contributed by atoms with Crippen molar-refractivity contribution in [1.82, 2.24) is 9.47 Å². The van der Waals surface area contributed by atoms with E-state index in [0.717, 1.165) is 17.0 Å². The average molecular weight is 314 g/mol. The fourth-order valence-electron chi connectivity index (χ4n) is 2.50. The molecule has 21 heavy (non-hydrogen) atoms. The van der Waals surface area contributed by atoms with Crippen LogP contribution in [0.1, 0.15) is 12.6 Å². The molecule has 1 aliphatic heterocycles. The second-order valence-corrected chi connectivity index (χ2v) is 5.78. The Morgan fingerprint density at radius 2 is 2.24 bits per heavy atom. The molecule has 0 spiro atoms. The standard InChI is InChI=1S/C13H18N2O5S/c1-3-14(10-6-20-5-9(10)12(17)18)11(16)4-15-8(2)7-21-13(15)19/h7,9-10H,3-6H2,1-2H3,(H,17,18). The topological polar surface area (TPSA) is 88.8 Å². The van der Waals surface area contributed by atoms with Crippen LogP contribution < -0.4 is 4.87 Å². The zero-order chi connectivity index (χ0) is 15.6. The van der Waals surface area contributed by atoms with Crippen molar-refractivity contribution < 1.29 is 19.4 Å². The van der Waals surface area contributed by atoms with Crippen molar-refractivity contribution in [3.05, 3.63) is 20.7 Å². The van der Waals surface area contributed by atoms with Gasteiger partial charge in [-0.05, 0) is 13.8 Å². The van der Waals surface area contributed by atoms with Gasteiger partial charge in [-0.1, -0.05) is 11.3 Å². The van der Waals surface area contributed by atoms with Crippen LogP contribution in [0.25, 0.3) is 0 Å². The molecule has 0 bridgehead atoms. The smallest absolute Gasteiger partial charge is 0.311 e. The van der Waals surface area contributed by atoms with E-state index in [1.165, 1.54) is 9.47 Å². The predicted octanol–water partition coefficient (Wildman–Crippen LogP) is 0.166. The first-order chi connectivity index (χ1) is 9.95. The Morgan fingerprint density at radius 1 is 1.52 bits per heavy atom. The molecule has 0 saturated carbocycles. The molecule has 1 saturated heterocycles. The number of aromatic nitrogens is 1. The summed E-state index contributed by atoms with van der Waals surface area (Å²) in [6.45, 7) is 4.20. The van der Waals surface area contributed by atoms with Gasteiger partial charge >= 0.3 is 10.8 Å². The maximum atomic E-state index is 12.4. The van der Waals surface area contributed by atoms with Gasteiger partial charge in [-0.25, -0.2) is 0 Å². The normalized spacial score (nSPS) is 21.4. The monoisotopic (exact) mass is 314 g/mol. The van der Waals surface area contributed by atoms with Crippen molar-refractivity contribution in [1.29, 1.82) is 0 Å². The van der Waals surface area contributed by atoms with Gasteiger partial charge in [-0.3, -0.25) is 19.0 Å². The number of amides is 1. The summed E-state index contributed by atoms with van der Waals surface area (Å²) in [7, 11) is 0. The number of thiazole rings is 1. The van der Waals surface area contributed by atoms with E-state index in [0.29, 0.717) is 6.54 Å². The van der Waals surface area contributed by atoms with E-state index in [4.69, 9.17) is 4.74 Å². The first-order valence-corrected chi connectivity index (χ1v) is 7.58. The number of hydrogen-bond acceptors (Lipinski definition) is 5. The average Bonchev–Trinajstić information content (AvgIpc) is 3.02. The largest absolute Gasteiger partial charge is 0.481 e. The molecule has 8 heteroatoms. The van der Waals surface area contributed by atoms with Crippen molar-refractivity contribution in [2.45, 2.75) is 26.4 Å². The molecule has 0 aliphatic carbocycles. The third-order valence-corrected chi connectivity index (χ3v) is 4.58. The third kappa shape index (κ3) is 3.16. The first-order valence-electron chi connectivity index (χ1n) is 6.70. The van der Waals surface area contributed by atoms with Gasteiger partial charge in [0.2, 0.25) is 5.91 Å². The summed E-state index contributed by atoms with van der Waals surface area (Å²) in [4.78, 5) is 36.6. The number of ether oxygens (including phenoxy) is 1. The van der Waals surface area contributed by atoms with Crippen LogP contribution in [-0.2, 0) is 20.9 Å². The molecule has 1 aromatic rings. The van der Waals surface area contributed by atoms with Crippen LogP contribution in [0.2, 0.25) is 0 Å². The van der Waals surface area contributed by atoms with E-state index in [9.17, 15) is 19.5 Å². The number of likely N-dealkylation sites (N-methyl/N-ethyl adjacent to an activating group) is 1. The zero-order valence-corrected chi connectivity index (χ0v) is 12.8. The van der Waals surface area contributed by atoms with Crippen molar-refractivity contribution in [2.24, 2.45) is 5.92 Å². The Morgan fingerprint density at radius 3 is 2.76 bits per heavy atom. The number of carbonyl (C=O) groups excluding carboxylic acids is 1. The van der Waals surface area contributed by atoms with Crippen LogP contribution in [0.3, 0.4) is 0 Å². The third-order valence-electron chi connectivity index (χ3n) is 3.70. The van der Waals surface area contributed by atoms with Crippen molar-refractivity contribution >= 4 is 23.2 Å². The van der Waals surface area contributed by atoms with Gasteiger partial charge in [-0.15, -0.1) is 0 Å². The number of aliphatic carboxylic acids is 1. The highest BCUT2D eigenvalue weighted by Crippen LogP contribution is 2.20. The summed E-state index contributed by atoms with van der Waals surface area (Å²) < 4.78 is 6.61. The number of carboxylic acid groups (broad SMARTS) is 1. The molecule has 1 aromatic heterocycles. The number of carboxylic acids is 1. The second kappa shape index (κ2) is 6.40. The van der Waals surface area contributed by atoms with Gasteiger partial charge in [0.1, 0.15) is 12.5 Å². The molecule has 1 N–H and O–H groups in total. The second-order valence-electron chi connectivity index (χ2n) is 4.96. The summed E-state index contributed by atoms with van der Waals surface area (Å²) >= 11 is 1.05. The highest BCUT2D eigenvalue weighted by molar-refractivity contribution is 7.07. The highest BCUT2D eigenvalue weighted by Gasteiger charge is 2.39. The van der Waals surface area contributed by atoms with Gasteiger partial charge in [0.05, 0.1) is 19.3 Å². The lowest BCUT2D eigenvalue weighted by Crippen LogP contribution is -2.48. The SMILES string of the molecule is CCN(C(=O)Cn1c(C)csc1=O)C1COCC1C(=O)O. The molecule has 7 nitrogen and oxygen atoms in total. The van der Waals surface area contributed by atoms with Crippen LogP contribution in [-0.4, -0.2) is 52.3 Å². The van der Waals surface area contributed by atoms with E-state index >= 15 is 0 Å². The van der Waals surface area contributed by atoms with Crippen LogP contribution >= 0.6 is 11.3 Å². The molecule has 1 amide bonds. The van der Waals surface area contributed by atoms with E-state index < -0.39 is 17.9 Å². The molecule has 2 rings (SSSR count). The van der Waals surface area contributed by atoms with Crippen molar-refractivity contribution in [2.75, 3.05) is 19.8 Å². The summed E-state index contributed by atoms with van der Waals surface area (Å²) in [5.41, 5.74) is 0.729. The van der Waals surface area contributed by atoms with Crippen molar-refractivity contribution in [3.8, 4) is 0 Å². The highest BCUT2D eigenvalue weighted by atomic mass is 32.1. The zero-order valence-electron chi connectivity index (χ0n) is 11.9. The molecule has 0 aromatic carbocycles. The Bertz CT molecular complexity index is 594. The van der Waals surface area contributed by atoms with E-state index in [-0.39, 0.29) is 30.5 Å². The summed E-state index contributed by atoms with van der Waals surface area (Å²) in [6.07, 6.45) is 0. The number of aryl methyl sites for hydroxylation is 1. The Hall–Kier alpha value is -1.67. The van der Waals surface area contributed by atoms with Gasteiger partial charge in [-0.2, -0.15) is 0 Å². The molecule has 1 fully saturated rings. The molecule has 2 atom stereocenters. The number of carbonyl (C=O) groups is 2. The molecular formula is C13H18N2O5S. The maximum Gasteiger partial charge on any atom is 0.311 e. The number of rotatable bonds is 5. The van der Waals surface area contributed by atoms with Gasteiger partial charge in [0, 0.05) is 17.6 Å². The van der Waals surface area contributed by atoms with Crippen LogP contribution in [0, 0.1) is 12.8 Å². The van der Waals surface area contributed by atoms with Gasteiger partial charge in [0.25, 0.3) is 0 Å². The number of hydrogen-bond donors (Lipinski definition) is 1. The Kier molecular flexibility index (Phi) is 4.79. The summed E-state index contributed by atoms with van der Waals surface area (Å²) in [5, 5.41) is 10.9. The maximum absolute atomic E-state index is 12.4. The first kappa shape index (κ1) is 15.7. The molecule has 2 unspecified atom stereocenters. The molecule has 1 aliphatic rings. The Labute approximate surface area is 125 Å². The minimum absolute atomic E-state index is 0.0646. The molecule has 0 radical (unpaired) electrons. The van der Waals surface area contributed by atoms with Crippen molar-refractivity contribution in [3.63, 3.8) is 0 Å². The summed E-state index contributed by atoms with van der Waals surface area (Å²) in [6, 6.07) is -0.477. The lowest BCUT2D eigenvalue weighted by molar-refractivity contribution is -0.145. The Balaban J connectivity index is 2.15. The molecule has 116 valence electrons. The molecular weight excluding hydrogens is 296 g/mol. The van der Waals surface area contributed by atoms with E-state index in [1.54, 1.807) is 19.2 Å². The van der Waals surface area contributed by atoms with Gasteiger partial charge in [0.15, 0.2) is 0 Å². The minimum Gasteiger partial charge on any atom is -0.481 e. The number of nitrogens with zero attached hydrogens (tertiary/aromatic N) is 2. The van der Waals surface area contributed by atoms with Crippen LogP contribution in [0.5, 0.6) is 0 Å². The molecule has 2 heterocycles. The van der Waals surface area contributed by atoms with E-state index in [2.05, 4.69) is 0 Å². The van der Waals surface area contributed by atoms with Crippen LogP contribution in [0.15, 0.2) is 10.2 Å². The van der Waals surface area contributed by atoms with E-state index in [1.807, 2.05) is 0 Å². The predicted molar refractivity (Wildman–Crippen MR) is 76.4 cm³/mol. The van der Waals surface area contributed by atoms with Crippen LogP contribution in [0.4, 0.5) is 0 Å². The lowest BCUT2D eigenvalue weighted by Gasteiger charge is -2.29. The fourth-order valence-corrected chi connectivity index (χ4v) is 3.24. The quantitative estimate of drug-likeness (QED) is 0.837. The lowest BCUT2D eigenvalue weighted by atomic mass is 10.0. The fraction of sp³-hybridized carbons (Fsp3) is 0.615. The summed E-state index contributed by atoms with van der Waals surface area (Å²) in [5.74, 6) is -1.94. The van der Waals surface area contributed by atoms with Gasteiger partial charge < -0.3 is 14.7 Å².